The number of benzene rings is 4. The Balaban J connectivity index is 1.59. The van der Waals surface area contributed by atoms with Crippen LogP contribution in [0.2, 0.25) is 0 Å². The molecule has 0 unspecified atom stereocenters. The van der Waals surface area contributed by atoms with Gasteiger partial charge in [0.25, 0.3) is 15.7 Å². The molecule has 0 aliphatic carbocycles. The van der Waals surface area contributed by atoms with Gasteiger partial charge in [0.05, 0.1) is 23.1 Å². The van der Waals surface area contributed by atoms with E-state index in [-0.39, 0.29) is 22.0 Å². The van der Waals surface area contributed by atoms with Crippen molar-refractivity contribution in [3.63, 3.8) is 0 Å². The smallest absolute Gasteiger partial charge is 0.295 e. The number of nitro benzene ring substituents is 1. The lowest BCUT2D eigenvalue weighted by molar-refractivity contribution is -0.384. The van der Waals surface area contributed by atoms with Crippen molar-refractivity contribution in [3.8, 4) is 11.5 Å². The number of hydrogen-bond acceptors (Lipinski definition) is 8. The van der Waals surface area contributed by atoms with Crippen LogP contribution in [0.25, 0.3) is 10.8 Å². The maximum Gasteiger partial charge on any atom is 0.295 e. The average Bonchev–Trinajstić information content (AvgIpc) is 2.85. The van der Waals surface area contributed by atoms with Crippen LogP contribution in [0.5, 0.6) is 11.5 Å². The first-order chi connectivity index (χ1) is 16.8. The van der Waals surface area contributed by atoms with E-state index in [1.54, 1.807) is 18.2 Å². The van der Waals surface area contributed by atoms with Crippen LogP contribution in [0.1, 0.15) is 5.56 Å². The number of anilines is 2. The zero-order chi connectivity index (χ0) is 25.0. The van der Waals surface area contributed by atoms with Gasteiger partial charge in [-0.1, -0.05) is 30.3 Å². The molecule has 0 aromatic heterocycles. The van der Waals surface area contributed by atoms with Crippen molar-refractivity contribution < 1.29 is 23.2 Å². The van der Waals surface area contributed by atoms with Crippen LogP contribution < -0.4 is 14.9 Å². The van der Waals surface area contributed by atoms with Crippen LogP contribution in [-0.4, -0.2) is 31.8 Å². The highest BCUT2D eigenvalue weighted by atomic mass is 32.2. The summed E-state index contributed by atoms with van der Waals surface area (Å²) in [5, 5.41) is 27.5. The first-order valence-corrected chi connectivity index (χ1v) is 11.7. The predicted octanol–water partition coefficient (Wildman–Crippen LogP) is 4.71. The highest BCUT2D eigenvalue weighted by molar-refractivity contribution is 7.92. The van der Waals surface area contributed by atoms with Crippen molar-refractivity contribution in [1.82, 2.24) is 0 Å². The van der Waals surface area contributed by atoms with Gasteiger partial charge in [-0.25, -0.2) is 8.42 Å². The van der Waals surface area contributed by atoms with E-state index in [9.17, 15) is 23.6 Å². The third-order valence-corrected chi connectivity index (χ3v) is 6.52. The summed E-state index contributed by atoms with van der Waals surface area (Å²) in [6.07, 6.45) is 1.34. The van der Waals surface area contributed by atoms with Crippen LogP contribution in [-0.2, 0) is 10.0 Å². The number of phenolic OH excluding ortho intramolecular Hbond substituents is 1. The number of nitrogens with one attached hydrogen (secondary N) is 2. The van der Waals surface area contributed by atoms with Crippen molar-refractivity contribution in [1.29, 1.82) is 0 Å². The fourth-order valence-electron chi connectivity index (χ4n) is 3.38. The Kier molecular flexibility index (Phi) is 6.51. The normalized spacial score (nSPS) is 11.5. The largest absolute Gasteiger partial charge is 0.507 e. The van der Waals surface area contributed by atoms with Crippen molar-refractivity contribution in [2.45, 2.75) is 4.90 Å². The molecule has 0 heterocycles. The monoisotopic (exact) mass is 492 g/mol. The number of ether oxygens (including phenoxy) is 1. The maximum atomic E-state index is 12.8. The van der Waals surface area contributed by atoms with Crippen molar-refractivity contribution in [3.05, 3.63) is 94.5 Å². The van der Waals surface area contributed by atoms with E-state index in [4.69, 9.17) is 4.74 Å². The molecule has 4 rings (SSSR count). The number of nitro groups is 1. The lowest BCUT2D eigenvalue weighted by Gasteiger charge is -2.10. The highest BCUT2D eigenvalue weighted by Gasteiger charge is 2.21. The van der Waals surface area contributed by atoms with E-state index in [0.29, 0.717) is 11.3 Å². The summed E-state index contributed by atoms with van der Waals surface area (Å²) in [7, 11) is -2.60. The summed E-state index contributed by atoms with van der Waals surface area (Å²) in [6.45, 7) is 0. The fraction of sp³-hybridized carbons (Fsp3) is 0.0417. The van der Waals surface area contributed by atoms with E-state index in [2.05, 4.69) is 15.2 Å². The summed E-state index contributed by atoms with van der Waals surface area (Å²) in [6, 6.07) is 20.3. The van der Waals surface area contributed by atoms with Gasteiger partial charge in [0.1, 0.15) is 17.2 Å². The number of hydrogen-bond donors (Lipinski definition) is 3. The van der Waals surface area contributed by atoms with E-state index in [1.807, 2.05) is 24.3 Å². The van der Waals surface area contributed by atoms with Gasteiger partial charge in [0.2, 0.25) is 0 Å². The molecule has 0 radical (unpaired) electrons. The van der Waals surface area contributed by atoms with Gasteiger partial charge in [-0.3, -0.25) is 20.3 Å². The molecule has 0 saturated heterocycles. The highest BCUT2D eigenvalue weighted by Crippen LogP contribution is 2.30. The molecule has 0 atom stereocenters. The molecule has 0 aliphatic heterocycles. The lowest BCUT2D eigenvalue weighted by atomic mass is 10.0. The summed E-state index contributed by atoms with van der Waals surface area (Å²) >= 11 is 0. The first kappa shape index (κ1) is 23.5. The number of fused-ring (bicyclic) bond motifs is 1. The molecule has 0 aliphatic rings. The number of rotatable bonds is 8. The molecule has 35 heavy (non-hydrogen) atoms. The molecule has 0 bridgehead atoms. The third-order valence-electron chi connectivity index (χ3n) is 5.14. The van der Waals surface area contributed by atoms with E-state index < -0.39 is 20.6 Å². The second-order valence-electron chi connectivity index (χ2n) is 7.36. The molecule has 10 nitrogen and oxygen atoms in total. The summed E-state index contributed by atoms with van der Waals surface area (Å²) in [5.41, 5.74) is 2.77. The predicted molar refractivity (Wildman–Crippen MR) is 134 cm³/mol. The van der Waals surface area contributed by atoms with Gasteiger partial charge >= 0.3 is 0 Å². The summed E-state index contributed by atoms with van der Waals surface area (Å²) in [5.74, 6) is 0.547. The lowest BCUT2D eigenvalue weighted by Crippen LogP contribution is -2.13. The van der Waals surface area contributed by atoms with Gasteiger partial charge in [0, 0.05) is 17.3 Å². The molecule has 0 amide bonds. The second kappa shape index (κ2) is 9.69. The Morgan fingerprint density at radius 1 is 1.03 bits per heavy atom. The Bertz CT molecular complexity index is 1540. The maximum absolute atomic E-state index is 12.8. The molecular weight excluding hydrogens is 472 g/mol. The Labute approximate surface area is 200 Å². The zero-order valence-electron chi connectivity index (χ0n) is 18.4. The van der Waals surface area contributed by atoms with Gasteiger partial charge < -0.3 is 9.84 Å². The van der Waals surface area contributed by atoms with Gasteiger partial charge in [-0.2, -0.15) is 5.10 Å². The fourth-order valence-corrected chi connectivity index (χ4v) is 4.46. The Morgan fingerprint density at radius 2 is 1.77 bits per heavy atom. The van der Waals surface area contributed by atoms with Gasteiger partial charge in [-0.05, 0) is 53.2 Å². The van der Waals surface area contributed by atoms with Crippen LogP contribution in [0.3, 0.4) is 0 Å². The Hall–Kier alpha value is -4.64. The first-order valence-electron chi connectivity index (χ1n) is 10.2. The number of nitrogens with zero attached hydrogens (tertiary/aromatic N) is 2. The summed E-state index contributed by atoms with van der Waals surface area (Å²) < 4.78 is 32.9. The van der Waals surface area contributed by atoms with Crippen LogP contribution in [0.15, 0.2) is 88.9 Å². The Morgan fingerprint density at radius 3 is 2.49 bits per heavy atom. The molecule has 3 N–H and O–H groups in total. The van der Waals surface area contributed by atoms with Crippen molar-refractivity contribution in [2.75, 3.05) is 17.3 Å². The average molecular weight is 493 g/mol. The van der Waals surface area contributed by atoms with E-state index in [1.165, 1.54) is 43.7 Å². The molecule has 0 fully saturated rings. The molecule has 4 aromatic rings. The minimum Gasteiger partial charge on any atom is -0.507 e. The minimum atomic E-state index is -4.09. The number of methoxy groups -OCH3 is 1. The third kappa shape index (κ3) is 5.14. The second-order valence-corrected chi connectivity index (χ2v) is 9.04. The summed E-state index contributed by atoms with van der Waals surface area (Å²) in [4.78, 5) is 10.6. The van der Waals surface area contributed by atoms with Gasteiger partial charge in [-0.15, -0.1) is 0 Å². The number of sulfonamides is 1. The van der Waals surface area contributed by atoms with E-state index >= 15 is 0 Å². The molecule has 11 heteroatoms. The quantitative estimate of drug-likeness (QED) is 0.184. The molecule has 0 spiro atoms. The topological polar surface area (TPSA) is 143 Å². The number of aromatic hydroxyl groups is 1. The molecule has 0 saturated carbocycles. The van der Waals surface area contributed by atoms with Crippen molar-refractivity contribution >= 4 is 44.1 Å². The van der Waals surface area contributed by atoms with E-state index in [0.717, 1.165) is 16.8 Å². The molecule has 178 valence electrons. The number of phenols is 1. The zero-order valence-corrected chi connectivity index (χ0v) is 19.2. The van der Waals surface area contributed by atoms with Crippen LogP contribution in [0.4, 0.5) is 17.1 Å². The minimum absolute atomic E-state index is 0.00482. The van der Waals surface area contributed by atoms with Crippen LogP contribution >= 0.6 is 0 Å². The van der Waals surface area contributed by atoms with Gasteiger partial charge in [0.15, 0.2) is 0 Å². The molecule has 4 aromatic carbocycles. The number of hydrazone groups is 1. The standard InChI is InChI=1S/C24H20N4O6S/c1-34-18-9-7-17(8-10-18)27-35(32,33)19-11-12-22(23(14-19)28(30)31)26-25-15-21-20-5-3-2-4-16(20)6-13-24(21)29/h2-15,26-27,29H,1H3. The van der Waals surface area contributed by atoms with Crippen molar-refractivity contribution in [2.24, 2.45) is 5.10 Å². The van der Waals surface area contributed by atoms with Crippen LogP contribution in [0, 0.1) is 10.1 Å². The SMILES string of the molecule is COc1ccc(NS(=O)(=O)c2ccc(NN=Cc3c(O)ccc4ccccc34)c([N+](=O)[O-])c2)cc1. The molecular formula is C24H20N4O6S.